The van der Waals surface area contributed by atoms with E-state index >= 15 is 0 Å². The summed E-state index contributed by atoms with van der Waals surface area (Å²) in [5, 5.41) is 12.0. The number of hydrogen-bond donors (Lipinski definition) is 2. The van der Waals surface area contributed by atoms with E-state index < -0.39 is 41.8 Å². The molecule has 0 heterocycles. The van der Waals surface area contributed by atoms with Gasteiger partial charge in [-0.05, 0) is 48.5 Å². The van der Waals surface area contributed by atoms with Crippen LogP contribution < -0.4 is 14.8 Å². The molecule has 2 atom stereocenters. The Balaban J connectivity index is 1.94. The second kappa shape index (κ2) is 12.2. The molecule has 0 unspecified atom stereocenters. The highest BCUT2D eigenvalue weighted by Gasteiger charge is 2.41. The van der Waals surface area contributed by atoms with E-state index in [0.29, 0.717) is 11.5 Å². The summed E-state index contributed by atoms with van der Waals surface area (Å²) in [7, 11) is 2.74. The molecule has 0 aliphatic rings. The van der Waals surface area contributed by atoms with E-state index in [-0.39, 0.29) is 16.8 Å². The number of halogens is 1. The summed E-state index contributed by atoms with van der Waals surface area (Å²) < 4.78 is 34.5. The molecule has 192 valence electrons. The van der Waals surface area contributed by atoms with Gasteiger partial charge in [-0.1, -0.05) is 24.3 Å². The molecule has 0 fully saturated rings. The molecular formula is C26H22FNO9. The van der Waals surface area contributed by atoms with Gasteiger partial charge in [0.15, 0.2) is 0 Å². The Morgan fingerprint density at radius 2 is 1.27 bits per heavy atom. The van der Waals surface area contributed by atoms with Crippen molar-refractivity contribution in [3.05, 3.63) is 89.7 Å². The van der Waals surface area contributed by atoms with Crippen molar-refractivity contribution in [3.8, 4) is 11.5 Å². The first-order valence-corrected chi connectivity index (χ1v) is 10.7. The SMILES string of the molecule is COc1cccc(C(=O)O[C@@H](C(=O)O)[C@@H](OC(=O)c2cccc(OC)c2)C(=O)Nc2ccccc2F)c1. The number of aliphatic carboxylic acids is 1. The first-order chi connectivity index (χ1) is 17.7. The van der Waals surface area contributed by atoms with Crippen molar-refractivity contribution < 1.29 is 47.6 Å². The van der Waals surface area contributed by atoms with Crippen LogP contribution in [0.1, 0.15) is 20.7 Å². The number of methoxy groups -OCH3 is 2. The number of para-hydroxylation sites is 1. The predicted molar refractivity (Wildman–Crippen MR) is 127 cm³/mol. The van der Waals surface area contributed by atoms with Crippen LogP contribution in [0.5, 0.6) is 11.5 Å². The van der Waals surface area contributed by atoms with Crippen LogP contribution in [0, 0.1) is 5.82 Å². The van der Waals surface area contributed by atoms with Gasteiger partial charge in [-0.15, -0.1) is 0 Å². The Hall–Kier alpha value is -4.93. The highest BCUT2D eigenvalue weighted by atomic mass is 19.1. The molecule has 0 aliphatic carbocycles. The number of carbonyl (C=O) groups is 4. The molecule has 0 spiro atoms. The second-order valence-corrected chi connectivity index (χ2v) is 7.42. The highest BCUT2D eigenvalue weighted by Crippen LogP contribution is 2.20. The number of hydrogen-bond acceptors (Lipinski definition) is 8. The molecule has 0 bridgehead atoms. The van der Waals surface area contributed by atoms with Gasteiger partial charge in [0.2, 0.25) is 12.2 Å². The van der Waals surface area contributed by atoms with Gasteiger partial charge < -0.3 is 29.4 Å². The van der Waals surface area contributed by atoms with E-state index in [1.165, 1.54) is 68.8 Å². The molecular weight excluding hydrogens is 489 g/mol. The number of rotatable bonds is 10. The zero-order valence-electron chi connectivity index (χ0n) is 19.7. The average Bonchev–Trinajstić information content (AvgIpc) is 2.91. The van der Waals surface area contributed by atoms with Crippen molar-refractivity contribution >= 4 is 29.5 Å². The summed E-state index contributed by atoms with van der Waals surface area (Å²) in [6, 6.07) is 16.4. The lowest BCUT2D eigenvalue weighted by atomic mass is 10.1. The number of esters is 2. The molecule has 0 aliphatic heterocycles. The van der Waals surface area contributed by atoms with E-state index in [4.69, 9.17) is 18.9 Å². The van der Waals surface area contributed by atoms with Gasteiger partial charge in [0.05, 0.1) is 31.0 Å². The standard InChI is InChI=1S/C26H22FNO9/c1-34-17-9-5-7-15(13-17)25(32)36-21(23(29)28-20-12-4-3-11-19(20)27)22(24(30)31)37-26(33)16-8-6-10-18(14-16)35-2/h3-14,21-22H,1-2H3,(H,28,29)(H,30,31)/t21-,22-/m1/s1. The van der Waals surface area contributed by atoms with Gasteiger partial charge in [-0.2, -0.15) is 0 Å². The third-order valence-electron chi connectivity index (χ3n) is 4.99. The molecule has 3 aromatic carbocycles. The van der Waals surface area contributed by atoms with Gasteiger partial charge in [-0.3, -0.25) is 4.79 Å². The number of carboxylic acid groups (broad SMARTS) is 1. The van der Waals surface area contributed by atoms with Gasteiger partial charge in [0.1, 0.15) is 17.3 Å². The molecule has 1 amide bonds. The zero-order valence-corrected chi connectivity index (χ0v) is 19.7. The summed E-state index contributed by atoms with van der Waals surface area (Å²) in [6.45, 7) is 0. The van der Waals surface area contributed by atoms with Crippen LogP contribution in [0.3, 0.4) is 0 Å². The minimum absolute atomic E-state index is 0.0775. The van der Waals surface area contributed by atoms with Crippen molar-refractivity contribution in [1.29, 1.82) is 0 Å². The summed E-state index contributed by atoms with van der Waals surface area (Å²) in [5.74, 6) is -5.52. The fourth-order valence-electron chi connectivity index (χ4n) is 3.13. The van der Waals surface area contributed by atoms with Crippen molar-refractivity contribution in [1.82, 2.24) is 0 Å². The van der Waals surface area contributed by atoms with E-state index in [1.54, 1.807) is 12.1 Å². The lowest BCUT2D eigenvalue weighted by Crippen LogP contribution is -2.48. The van der Waals surface area contributed by atoms with Crippen LogP contribution in [0.15, 0.2) is 72.8 Å². The van der Waals surface area contributed by atoms with E-state index in [0.717, 1.165) is 6.07 Å². The Morgan fingerprint density at radius 3 is 1.76 bits per heavy atom. The van der Waals surface area contributed by atoms with E-state index in [2.05, 4.69) is 5.32 Å². The van der Waals surface area contributed by atoms with Gasteiger partial charge in [-0.25, -0.2) is 18.8 Å². The highest BCUT2D eigenvalue weighted by molar-refractivity contribution is 6.01. The number of ether oxygens (including phenoxy) is 4. The molecule has 0 saturated heterocycles. The van der Waals surface area contributed by atoms with E-state index in [9.17, 15) is 28.7 Å². The lowest BCUT2D eigenvalue weighted by molar-refractivity contribution is -0.157. The summed E-state index contributed by atoms with van der Waals surface area (Å²) in [4.78, 5) is 50.7. The molecule has 10 nitrogen and oxygen atoms in total. The number of nitrogens with one attached hydrogen (secondary N) is 1. The number of carboxylic acids is 1. The second-order valence-electron chi connectivity index (χ2n) is 7.42. The predicted octanol–water partition coefficient (Wildman–Crippen LogP) is 3.32. The van der Waals surface area contributed by atoms with Gasteiger partial charge >= 0.3 is 17.9 Å². The maximum absolute atomic E-state index is 14.1. The Morgan fingerprint density at radius 1 is 0.757 bits per heavy atom. The first kappa shape index (κ1) is 26.7. The van der Waals surface area contributed by atoms with Crippen LogP contribution in [0.2, 0.25) is 0 Å². The molecule has 3 rings (SSSR count). The van der Waals surface area contributed by atoms with Crippen LogP contribution in [0.25, 0.3) is 0 Å². The summed E-state index contributed by atoms with van der Waals surface area (Å²) >= 11 is 0. The fraction of sp³-hybridized carbons (Fsp3) is 0.154. The third kappa shape index (κ3) is 6.82. The van der Waals surface area contributed by atoms with E-state index in [1.807, 2.05) is 0 Å². The molecule has 0 radical (unpaired) electrons. The minimum Gasteiger partial charge on any atom is -0.497 e. The lowest BCUT2D eigenvalue weighted by Gasteiger charge is -2.23. The van der Waals surface area contributed by atoms with Crippen LogP contribution in [0.4, 0.5) is 10.1 Å². The smallest absolute Gasteiger partial charge is 0.349 e. The number of amides is 1. The maximum atomic E-state index is 14.1. The zero-order chi connectivity index (χ0) is 26.9. The fourth-order valence-corrected chi connectivity index (χ4v) is 3.13. The summed E-state index contributed by atoms with van der Waals surface area (Å²) in [6.07, 6.45) is -4.50. The molecule has 0 saturated carbocycles. The molecule has 0 aromatic heterocycles. The third-order valence-corrected chi connectivity index (χ3v) is 4.99. The van der Waals surface area contributed by atoms with Crippen molar-refractivity contribution in [3.63, 3.8) is 0 Å². The first-order valence-electron chi connectivity index (χ1n) is 10.7. The van der Waals surface area contributed by atoms with Gasteiger partial charge in [0.25, 0.3) is 5.91 Å². The minimum atomic E-state index is -2.29. The Kier molecular flexibility index (Phi) is 8.76. The van der Waals surface area contributed by atoms with Crippen LogP contribution in [-0.4, -0.2) is 55.3 Å². The quantitative estimate of drug-likeness (QED) is 0.393. The normalized spacial score (nSPS) is 12.0. The number of carbonyl (C=O) groups excluding carboxylic acids is 3. The Bertz CT molecular complexity index is 1310. The molecule has 3 aromatic rings. The van der Waals surface area contributed by atoms with Crippen LogP contribution >= 0.6 is 0 Å². The maximum Gasteiger partial charge on any atom is 0.349 e. The molecule has 11 heteroatoms. The average molecular weight is 511 g/mol. The Labute approximate surface area is 210 Å². The monoisotopic (exact) mass is 511 g/mol. The summed E-state index contributed by atoms with van der Waals surface area (Å²) in [5.41, 5.74) is -0.470. The van der Waals surface area contributed by atoms with Crippen molar-refractivity contribution in [2.45, 2.75) is 12.2 Å². The topological polar surface area (TPSA) is 137 Å². The van der Waals surface area contributed by atoms with Crippen molar-refractivity contribution in [2.75, 3.05) is 19.5 Å². The van der Waals surface area contributed by atoms with Gasteiger partial charge in [0, 0.05) is 0 Å². The van der Waals surface area contributed by atoms with Crippen LogP contribution in [-0.2, 0) is 19.1 Å². The molecule has 37 heavy (non-hydrogen) atoms. The number of benzene rings is 3. The largest absolute Gasteiger partial charge is 0.497 e. The number of anilines is 1. The van der Waals surface area contributed by atoms with Crippen molar-refractivity contribution in [2.24, 2.45) is 0 Å². The molecule has 2 N–H and O–H groups in total.